The minimum absolute atomic E-state index is 0.0353. The summed E-state index contributed by atoms with van der Waals surface area (Å²) in [4.78, 5) is 51.6. The Morgan fingerprint density at radius 3 is 2.82 bits per heavy atom. The van der Waals surface area contributed by atoms with Crippen molar-refractivity contribution >= 4 is 56.5 Å². The number of likely N-dealkylation sites (tertiary alicyclic amines) is 1. The Labute approximate surface area is 292 Å². The van der Waals surface area contributed by atoms with Crippen molar-refractivity contribution in [3.05, 3.63) is 95.3 Å². The Balaban J connectivity index is 0.947. The highest BCUT2D eigenvalue weighted by Gasteiger charge is 2.34. The molecular formula is C37H36N6O6S. The van der Waals surface area contributed by atoms with Crippen molar-refractivity contribution in [1.82, 2.24) is 20.1 Å². The number of carbonyl (C=O) groups is 3. The Morgan fingerprint density at radius 1 is 1.10 bits per heavy atom. The van der Waals surface area contributed by atoms with E-state index >= 15 is 0 Å². The summed E-state index contributed by atoms with van der Waals surface area (Å²) in [6, 6.07) is 16.3. The molecule has 8 rings (SSSR count). The molecule has 256 valence electrons. The Morgan fingerprint density at radius 2 is 1.98 bits per heavy atom. The number of aryl methyl sites for hydroxylation is 1. The van der Waals surface area contributed by atoms with E-state index in [2.05, 4.69) is 20.5 Å². The smallest absolute Gasteiger partial charge is 0.331 e. The topological polar surface area (TPSA) is 126 Å². The second kappa shape index (κ2) is 13.5. The van der Waals surface area contributed by atoms with Gasteiger partial charge in [-0.05, 0) is 61.7 Å². The summed E-state index contributed by atoms with van der Waals surface area (Å²) in [6.45, 7) is 5.39. The van der Waals surface area contributed by atoms with E-state index in [1.54, 1.807) is 28.1 Å². The van der Waals surface area contributed by atoms with Crippen molar-refractivity contribution in [3.8, 4) is 11.5 Å². The van der Waals surface area contributed by atoms with Crippen LogP contribution in [0.25, 0.3) is 10.2 Å². The number of nitrogens with one attached hydrogen (secondary N) is 2. The van der Waals surface area contributed by atoms with Crippen LogP contribution >= 0.6 is 11.3 Å². The number of anilines is 3. The minimum Gasteiger partial charge on any atom is -0.491 e. The lowest BCUT2D eigenvalue weighted by molar-refractivity contribution is -0.127. The molecule has 0 bridgehead atoms. The van der Waals surface area contributed by atoms with Crippen molar-refractivity contribution in [1.29, 1.82) is 0 Å². The summed E-state index contributed by atoms with van der Waals surface area (Å²) >= 11 is 1.24. The third-order valence-corrected chi connectivity index (χ3v) is 10.3. The van der Waals surface area contributed by atoms with Gasteiger partial charge < -0.3 is 34.6 Å². The predicted octanol–water partition coefficient (Wildman–Crippen LogP) is 5.93. The molecule has 50 heavy (non-hydrogen) atoms. The van der Waals surface area contributed by atoms with E-state index in [1.807, 2.05) is 67.7 Å². The number of piperidine rings is 1. The second-order valence-corrected chi connectivity index (χ2v) is 13.6. The largest absolute Gasteiger partial charge is 0.491 e. The highest BCUT2D eigenvalue weighted by Crippen LogP contribution is 2.46. The average Bonchev–Trinajstić information content (AvgIpc) is 3.71. The van der Waals surface area contributed by atoms with E-state index in [-0.39, 0.29) is 30.0 Å². The molecule has 2 aromatic heterocycles. The lowest BCUT2D eigenvalue weighted by Gasteiger charge is -2.32. The van der Waals surface area contributed by atoms with Gasteiger partial charge in [0.2, 0.25) is 5.91 Å². The summed E-state index contributed by atoms with van der Waals surface area (Å²) < 4.78 is 17.4. The molecule has 0 aliphatic carbocycles. The fraction of sp³-hybridized carbons (Fsp3) is 0.297. The van der Waals surface area contributed by atoms with E-state index in [4.69, 9.17) is 14.2 Å². The first-order valence-corrected chi connectivity index (χ1v) is 17.6. The number of carbonyl (C=O) groups excluding carboxylic acids is 3. The molecule has 0 unspecified atom stereocenters. The maximum Gasteiger partial charge on any atom is 0.331 e. The van der Waals surface area contributed by atoms with Gasteiger partial charge in [0.25, 0.3) is 5.91 Å². The molecule has 2 aromatic carbocycles. The number of hydrogen-bond donors (Lipinski definition) is 2. The lowest BCUT2D eigenvalue weighted by Crippen LogP contribution is -2.49. The van der Waals surface area contributed by atoms with Crippen molar-refractivity contribution in [2.75, 3.05) is 49.6 Å². The second-order valence-electron chi connectivity index (χ2n) is 12.6. The predicted molar refractivity (Wildman–Crippen MR) is 190 cm³/mol. The summed E-state index contributed by atoms with van der Waals surface area (Å²) in [5.41, 5.74) is 2.64. The number of urea groups is 1. The number of rotatable bonds is 8. The van der Waals surface area contributed by atoms with Crippen molar-refractivity contribution in [2.45, 2.75) is 31.9 Å². The van der Waals surface area contributed by atoms with Gasteiger partial charge in [0, 0.05) is 44.1 Å². The molecular weight excluding hydrogens is 657 g/mol. The first-order valence-electron chi connectivity index (χ1n) is 16.7. The molecule has 4 amide bonds. The molecule has 4 aromatic rings. The molecule has 0 saturated carbocycles. The van der Waals surface area contributed by atoms with Crippen LogP contribution in [0.2, 0.25) is 0 Å². The monoisotopic (exact) mass is 692 g/mol. The third-order valence-electron chi connectivity index (χ3n) is 9.21. The summed E-state index contributed by atoms with van der Waals surface area (Å²) in [7, 11) is 0. The van der Waals surface area contributed by atoms with Gasteiger partial charge in [0.1, 0.15) is 39.7 Å². The van der Waals surface area contributed by atoms with E-state index < -0.39 is 0 Å². The molecule has 2 N–H and O–H groups in total. The maximum atomic E-state index is 13.7. The van der Waals surface area contributed by atoms with E-state index in [9.17, 15) is 14.4 Å². The zero-order chi connectivity index (χ0) is 34.2. The molecule has 0 spiro atoms. The van der Waals surface area contributed by atoms with Crippen LogP contribution in [-0.2, 0) is 14.3 Å². The van der Waals surface area contributed by atoms with Crippen LogP contribution in [0.15, 0.2) is 84.9 Å². The maximum absolute atomic E-state index is 13.7. The fourth-order valence-corrected chi connectivity index (χ4v) is 7.87. The van der Waals surface area contributed by atoms with E-state index in [1.165, 1.54) is 11.3 Å². The minimum atomic E-state index is -0.373. The van der Waals surface area contributed by atoms with Gasteiger partial charge in [-0.3, -0.25) is 14.5 Å². The molecule has 0 radical (unpaired) electrons. The van der Waals surface area contributed by atoms with Crippen LogP contribution in [0, 0.1) is 6.92 Å². The number of para-hydroxylation sites is 1. The van der Waals surface area contributed by atoms with Gasteiger partial charge in [-0.15, -0.1) is 11.3 Å². The lowest BCUT2D eigenvalue weighted by atomic mass is 10.0. The molecule has 2 fully saturated rings. The number of fused-ring (bicyclic) bond motifs is 1. The van der Waals surface area contributed by atoms with Crippen LogP contribution in [0.5, 0.6) is 11.5 Å². The van der Waals surface area contributed by atoms with E-state index in [0.29, 0.717) is 77.3 Å². The van der Waals surface area contributed by atoms with Gasteiger partial charge >= 0.3 is 6.03 Å². The van der Waals surface area contributed by atoms with Gasteiger partial charge in [-0.25, -0.2) is 9.78 Å². The zero-order valence-electron chi connectivity index (χ0n) is 27.5. The first-order chi connectivity index (χ1) is 24.4. The Hall–Kier alpha value is -5.40. The molecule has 2 atom stereocenters. The normalized spacial score (nSPS) is 20.0. The quantitative estimate of drug-likeness (QED) is 0.218. The molecule has 4 aliphatic rings. The number of nitrogens with zero attached hydrogens (tertiary/aromatic N) is 4. The highest BCUT2D eigenvalue weighted by atomic mass is 32.1. The first kappa shape index (κ1) is 31.8. The van der Waals surface area contributed by atoms with E-state index in [0.717, 1.165) is 29.9 Å². The summed E-state index contributed by atoms with van der Waals surface area (Å²) in [5, 5.41) is 6.81. The SMILES string of the molecule is Cc1cc(Oc2ccccc2)ccc1N1C(=O)Nc2c(C(=O)N[C@@H]3CCCN(C(=O)/C=C/CN4C=C5OCCO[C@H]5C4)C3)sc3nccc1c23. The third kappa shape index (κ3) is 6.25. The zero-order valence-corrected chi connectivity index (χ0v) is 28.3. The number of amides is 4. The van der Waals surface area contributed by atoms with Gasteiger partial charge in [-0.1, -0.05) is 24.3 Å². The van der Waals surface area contributed by atoms with Crippen LogP contribution in [0.1, 0.15) is 28.1 Å². The number of ether oxygens (including phenoxy) is 3. The number of hydrogen-bond acceptors (Lipinski definition) is 9. The van der Waals surface area contributed by atoms with Crippen molar-refractivity contribution < 1.29 is 28.6 Å². The molecule has 2 saturated heterocycles. The van der Waals surface area contributed by atoms with Crippen LogP contribution < -0.4 is 20.3 Å². The standard InChI is InChI=1S/C37H36N6O6S/c1-23-19-26(49-25-8-3-2-4-9-25)11-12-27(23)43-28-13-14-38-36-32(28)33(40-37(43)46)34(50-36)35(45)39-24-7-5-16-42(20-24)31(44)10-6-15-41-21-29-30(22-41)48-18-17-47-29/h2-4,6,8-14,19,21,24,30H,5,7,15-18,20,22H2,1H3,(H,39,45)(H,40,46)/b10-6+/t24-,30+/m1/s1. The molecule has 12 nitrogen and oxygen atoms in total. The van der Waals surface area contributed by atoms with Crippen LogP contribution in [-0.4, -0.2) is 84.2 Å². The highest BCUT2D eigenvalue weighted by molar-refractivity contribution is 7.21. The Kier molecular flexibility index (Phi) is 8.59. The molecule has 13 heteroatoms. The van der Waals surface area contributed by atoms with Crippen LogP contribution in [0.4, 0.5) is 21.9 Å². The van der Waals surface area contributed by atoms with Gasteiger partial charge in [-0.2, -0.15) is 0 Å². The number of aromatic nitrogens is 1. The summed E-state index contributed by atoms with van der Waals surface area (Å²) in [6.07, 6.45) is 8.53. The number of pyridine rings is 1. The van der Waals surface area contributed by atoms with Crippen molar-refractivity contribution in [3.63, 3.8) is 0 Å². The molecule has 6 heterocycles. The fourth-order valence-electron chi connectivity index (χ4n) is 6.85. The summed E-state index contributed by atoms with van der Waals surface area (Å²) in [5.74, 6) is 1.84. The van der Waals surface area contributed by atoms with Crippen molar-refractivity contribution in [2.24, 2.45) is 0 Å². The Bertz CT molecular complexity index is 2030. The van der Waals surface area contributed by atoms with Gasteiger partial charge in [0.15, 0.2) is 0 Å². The number of benzene rings is 2. The van der Waals surface area contributed by atoms with Gasteiger partial charge in [0.05, 0.1) is 35.6 Å². The number of thiophene rings is 1. The van der Waals surface area contributed by atoms with Crippen LogP contribution in [0.3, 0.4) is 0 Å². The molecule has 4 aliphatic heterocycles. The average molecular weight is 693 g/mol.